The Bertz CT molecular complexity index is 861. The molecule has 0 bridgehead atoms. The molecule has 1 aliphatic rings. The Balaban J connectivity index is 1.67. The topological polar surface area (TPSA) is 0 Å². The maximum atomic E-state index is 2.67. The Morgan fingerprint density at radius 2 is 0.974 bits per heavy atom. The summed E-state index contributed by atoms with van der Waals surface area (Å²) in [6.07, 6.45) is 27.3. The van der Waals surface area contributed by atoms with E-state index in [0.29, 0.717) is 0 Å². The molecule has 1 atom stereocenters. The van der Waals surface area contributed by atoms with Gasteiger partial charge in [0, 0.05) is 19.5 Å². The fourth-order valence-electron chi connectivity index (χ4n) is 7.10. The van der Waals surface area contributed by atoms with Gasteiger partial charge in [-0.05, 0) is 54.4 Å². The zero-order chi connectivity index (χ0) is 27.2. The van der Waals surface area contributed by atoms with Crippen LogP contribution in [-0.4, -0.2) is 8.07 Å². The third kappa shape index (κ3) is 9.07. The molecule has 0 saturated carbocycles. The highest BCUT2D eigenvalue weighted by molar-refractivity contribution is 7.29. The van der Waals surface area contributed by atoms with Gasteiger partial charge >= 0.3 is 0 Å². The van der Waals surface area contributed by atoms with Crippen LogP contribution in [0.5, 0.6) is 0 Å². The summed E-state index contributed by atoms with van der Waals surface area (Å²) in [5.74, 6) is 0.936. The first-order valence-corrected chi connectivity index (χ1v) is 20.8. The quantitative estimate of drug-likeness (QED) is 0.0972. The van der Waals surface area contributed by atoms with Crippen molar-refractivity contribution in [1.82, 2.24) is 0 Å². The second kappa shape index (κ2) is 17.4. The molecule has 1 unspecified atom stereocenters. The molecule has 0 spiro atoms. The van der Waals surface area contributed by atoms with Crippen LogP contribution in [0.3, 0.4) is 0 Å². The first-order chi connectivity index (χ1) is 18.6. The highest BCUT2D eigenvalue weighted by Crippen LogP contribution is 2.44. The Kier molecular flexibility index (Phi) is 14.7. The minimum atomic E-state index is -1.69. The molecule has 38 heavy (non-hydrogen) atoms. The molecular formula is C35H60S2Si. The van der Waals surface area contributed by atoms with Crippen LogP contribution in [0.1, 0.15) is 153 Å². The highest BCUT2D eigenvalue weighted by Gasteiger charge is 2.48. The molecule has 3 rings (SSSR count). The molecule has 0 nitrogen and oxygen atoms in total. The van der Waals surface area contributed by atoms with Crippen LogP contribution in [-0.2, 0) is 0 Å². The van der Waals surface area contributed by atoms with Crippen LogP contribution in [0.2, 0.25) is 12.1 Å². The first-order valence-electron chi connectivity index (χ1n) is 16.8. The van der Waals surface area contributed by atoms with E-state index in [1.807, 2.05) is 10.4 Å². The summed E-state index contributed by atoms with van der Waals surface area (Å²) in [5, 5.41) is 3.73. The van der Waals surface area contributed by atoms with Crippen LogP contribution in [0.25, 0.3) is 9.75 Å². The molecule has 216 valence electrons. The lowest BCUT2D eigenvalue weighted by molar-refractivity contribution is 0.440. The Morgan fingerprint density at radius 3 is 1.47 bits per heavy atom. The third-order valence-electron chi connectivity index (χ3n) is 9.22. The maximum absolute atomic E-state index is 2.67. The van der Waals surface area contributed by atoms with E-state index in [-0.39, 0.29) is 0 Å². The summed E-state index contributed by atoms with van der Waals surface area (Å²) in [7, 11) is -1.69. The average Bonchev–Trinajstić information content (AvgIpc) is 3.54. The number of thiophene rings is 2. The lowest BCUT2D eigenvalue weighted by Gasteiger charge is -2.33. The fourth-order valence-corrected chi connectivity index (χ4v) is 16.8. The fraction of sp³-hybridized carbons (Fsp3) is 0.771. The molecule has 0 radical (unpaired) electrons. The molecular weight excluding hydrogens is 513 g/mol. The first kappa shape index (κ1) is 32.1. The van der Waals surface area contributed by atoms with Crippen molar-refractivity contribution in [3.63, 3.8) is 0 Å². The van der Waals surface area contributed by atoms with E-state index < -0.39 is 8.07 Å². The van der Waals surface area contributed by atoms with Crippen LogP contribution in [0.15, 0.2) is 12.1 Å². The van der Waals surface area contributed by atoms with Crippen LogP contribution < -0.4 is 10.4 Å². The number of fused-ring (bicyclic) bond motifs is 3. The molecule has 0 N–H and O–H groups in total. The van der Waals surface area contributed by atoms with Crippen LogP contribution in [0, 0.1) is 19.8 Å². The zero-order valence-corrected chi connectivity index (χ0v) is 28.5. The second-order valence-corrected chi connectivity index (χ2v) is 19.3. The molecule has 0 aliphatic carbocycles. The summed E-state index contributed by atoms with van der Waals surface area (Å²) < 4.78 is 0. The van der Waals surface area contributed by atoms with E-state index >= 15 is 0 Å². The SMILES string of the molecule is CCCCCCCCCCCCC[Si]1(CC(CCCC)CCCCCC)c2cc(C)sc2-c2sc(C)cc21. The van der Waals surface area contributed by atoms with Gasteiger partial charge in [0.2, 0.25) is 0 Å². The number of aryl methyl sites for hydroxylation is 2. The van der Waals surface area contributed by atoms with Crippen LogP contribution in [0.4, 0.5) is 0 Å². The lowest BCUT2D eigenvalue weighted by atomic mass is 9.97. The summed E-state index contributed by atoms with van der Waals surface area (Å²) in [4.78, 5) is 6.50. The van der Waals surface area contributed by atoms with Gasteiger partial charge in [0.05, 0.1) is 0 Å². The second-order valence-electron chi connectivity index (χ2n) is 12.6. The molecule has 0 saturated heterocycles. The van der Waals surface area contributed by atoms with E-state index in [1.165, 1.54) is 134 Å². The number of rotatable bonds is 22. The Morgan fingerprint density at radius 1 is 0.553 bits per heavy atom. The molecule has 0 fully saturated rings. The van der Waals surface area contributed by atoms with Crippen molar-refractivity contribution in [2.45, 2.75) is 169 Å². The molecule has 0 amide bonds. The predicted molar refractivity (Wildman–Crippen MR) is 180 cm³/mol. The molecule has 2 aromatic rings. The van der Waals surface area contributed by atoms with Gasteiger partial charge in [-0.2, -0.15) is 0 Å². The van der Waals surface area contributed by atoms with Crippen molar-refractivity contribution < 1.29 is 0 Å². The maximum Gasteiger partial charge on any atom is 0.122 e. The summed E-state index contributed by atoms with van der Waals surface area (Å²) in [6.45, 7) is 11.8. The summed E-state index contributed by atoms with van der Waals surface area (Å²) in [6, 6.07) is 8.37. The van der Waals surface area contributed by atoms with Crippen molar-refractivity contribution >= 4 is 41.1 Å². The minimum absolute atomic E-state index is 0.936. The van der Waals surface area contributed by atoms with E-state index in [4.69, 9.17) is 0 Å². The van der Waals surface area contributed by atoms with E-state index in [2.05, 4.69) is 69.4 Å². The summed E-state index contributed by atoms with van der Waals surface area (Å²) >= 11 is 4.22. The predicted octanol–water partition coefficient (Wildman–Crippen LogP) is 12.1. The largest absolute Gasteiger partial charge is 0.140 e. The molecule has 3 heterocycles. The Hall–Kier alpha value is -0.383. The van der Waals surface area contributed by atoms with Crippen molar-refractivity contribution in [2.75, 3.05) is 0 Å². The molecule has 0 aromatic carbocycles. The van der Waals surface area contributed by atoms with Gasteiger partial charge in [-0.15, -0.1) is 22.7 Å². The zero-order valence-electron chi connectivity index (χ0n) is 25.9. The minimum Gasteiger partial charge on any atom is -0.140 e. The van der Waals surface area contributed by atoms with Crippen LogP contribution >= 0.6 is 22.7 Å². The smallest absolute Gasteiger partial charge is 0.122 e. The highest BCUT2D eigenvalue weighted by atomic mass is 32.1. The lowest BCUT2D eigenvalue weighted by Crippen LogP contribution is -2.55. The number of hydrogen-bond donors (Lipinski definition) is 0. The average molecular weight is 573 g/mol. The summed E-state index contributed by atoms with van der Waals surface area (Å²) in [5.41, 5.74) is 0. The van der Waals surface area contributed by atoms with Gasteiger partial charge in [0.25, 0.3) is 0 Å². The van der Waals surface area contributed by atoms with Crippen molar-refractivity contribution in [3.05, 3.63) is 21.9 Å². The normalized spacial score (nSPS) is 14.7. The van der Waals surface area contributed by atoms with Gasteiger partial charge in [0.15, 0.2) is 0 Å². The monoisotopic (exact) mass is 572 g/mol. The van der Waals surface area contributed by atoms with Gasteiger partial charge < -0.3 is 0 Å². The molecule has 3 heteroatoms. The van der Waals surface area contributed by atoms with E-state index in [9.17, 15) is 0 Å². The third-order valence-corrected chi connectivity index (χ3v) is 17.2. The number of unbranched alkanes of at least 4 members (excludes halogenated alkanes) is 14. The molecule has 2 aromatic heterocycles. The standard InChI is InChI=1S/C35H60S2Si/c1-6-9-12-14-15-16-17-18-19-20-22-25-38(28-31(23-11-8-3)24-21-13-10-7-2)32-26-29(4)36-34(32)35-33(38)27-30(5)37-35/h26-27,31H,6-25,28H2,1-5H3. The van der Waals surface area contributed by atoms with E-state index in [1.54, 1.807) is 19.5 Å². The van der Waals surface area contributed by atoms with Gasteiger partial charge in [-0.25, -0.2) is 0 Å². The Labute approximate surface area is 246 Å². The van der Waals surface area contributed by atoms with Crippen molar-refractivity contribution in [1.29, 1.82) is 0 Å². The van der Waals surface area contributed by atoms with Gasteiger partial charge in [-0.3, -0.25) is 0 Å². The van der Waals surface area contributed by atoms with Crippen molar-refractivity contribution in [3.8, 4) is 9.75 Å². The van der Waals surface area contributed by atoms with Gasteiger partial charge in [0.1, 0.15) is 8.07 Å². The van der Waals surface area contributed by atoms with Crippen molar-refractivity contribution in [2.24, 2.45) is 5.92 Å². The van der Waals surface area contributed by atoms with Gasteiger partial charge in [-0.1, -0.05) is 143 Å². The molecule has 1 aliphatic heterocycles. The number of hydrogen-bond acceptors (Lipinski definition) is 2. The van der Waals surface area contributed by atoms with E-state index in [0.717, 1.165) is 5.92 Å².